The fourth-order valence-electron chi connectivity index (χ4n) is 3.23. The summed E-state index contributed by atoms with van der Waals surface area (Å²) in [4.78, 5) is 30.3. The zero-order valence-corrected chi connectivity index (χ0v) is 17.9. The lowest BCUT2D eigenvalue weighted by Gasteiger charge is -2.19. The predicted octanol–water partition coefficient (Wildman–Crippen LogP) is 5.20. The number of carbonyl (C=O) groups excluding carboxylic acids is 1. The maximum Gasteiger partial charge on any atom is 0.282 e. The third-order valence-electron chi connectivity index (χ3n) is 4.73. The molecule has 0 N–H and O–H groups in total. The standard InChI is InChI=1S/C23H16BrN3O4/c1-31-17-12-10-16(11-13-17)26-22(18-7-3-4-8-19(18)24)25-20(23(26)28)14-15-6-2-5-9-21(15)27(29)30/h2-14H,1H3/b20-14+. The summed E-state index contributed by atoms with van der Waals surface area (Å²) in [6, 6.07) is 20.7. The van der Waals surface area contributed by atoms with Crippen LogP contribution in [0, 0.1) is 10.1 Å². The lowest BCUT2D eigenvalue weighted by molar-refractivity contribution is -0.385. The maximum atomic E-state index is 13.4. The molecule has 1 heterocycles. The number of ether oxygens (including phenoxy) is 1. The van der Waals surface area contributed by atoms with Crippen molar-refractivity contribution in [1.82, 2.24) is 0 Å². The van der Waals surface area contributed by atoms with Crippen LogP contribution in [-0.4, -0.2) is 23.8 Å². The molecule has 1 aliphatic rings. The van der Waals surface area contributed by atoms with E-state index in [0.29, 0.717) is 22.8 Å². The topological polar surface area (TPSA) is 85.0 Å². The summed E-state index contributed by atoms with van der Waals surface area (Å²) in [5.74, 6) is 0.701. The van der Waals surface area contributed by atoms with E-state index in [1.807, 2.05) is 24.3 Å². The second kappa shape index (κ2) is 8.53. The molecule has 4 rings (SSSR count). The summed E-state index contributed by atoms with van der Waals surface area (Å²) in [5.41, 5.74) is 1.64. The molecule has 0 aromatic heterocycles. The summed E-state index contributed by atoms with van der Waals surface area (Å²) in [6.07, 6.45) is 1.45. The largest absolute Gasteiger partial charge is 0.497 e. The Bertz CT molecular complexity index is 1240. The first-order chi connectivity index (χ1) is 15.0. The number of nitro benzene ring substituents is 1. The van der Waals surface area contributed by atoms with E-state index in [-0.39, 0.29) is 17.3 Å². The summed E-state index contributed by atoms with van der Waals surface area (Å²) in [5, 5.41) is 11.4. The Balaban J connectivity index is 1.86. The molecule has 1 amide bonds. The highest BCUT2D eigenvalue weighted by molar-refractivity contribution is 9.10. The number of methoxy groups -OCH3 is 1. The number of anilines is 1. The minimum atomic E-state index is -0.481. The highest BCUT2D eigenvalue weighted by Crippen LogP contribution is 2.32. The number of rotatable bonds is 5. The average molecular weight is 478 g/mol. The molecule has 7 nitrogen and oxygen atoms in total. The molecular formula is C23H16BrN3O4. The molecule has 154 valence electrons. The van der Waals surface area contributed by atoms with Gasteiger partial charge in [0.25, 0.3) is 11.6 Å². The van der Waals surface area contributed by atoms with E-state index in [9.17, 15) is 14.9 Å². The van der Waals surface area contributed by atoms with Crippen LogP contribution in [-0.2, 0) is 4.79 Å². The van der Waals surface area contributed by atoms with Gasteiger partial charge in [-0.05, 0) is 42.5 Å². The lowest BCUT2D eigenvalue weighted by atomic mass is 10.1. The summed E-state index contributed by atoms with van der Waals surface area (Å²) >= 11 is 3.52. The van der Waals surface area contributed by atoms with Gasteiger partial charge in [-0.2, -0.15) is 0 Å². The van der Waals surface area contributed by atoms with Crippen molar-refractivity contribution in [3.8, 4) is 5.75 Å². The van der Waals surface area contributed by atoms with Gasteiger partial charge in [-0.1, -0.05) is 46.3 Å². The third kappa shape index (κ3) is 3.97. The minimum absolute atomic E-state index is 0.0941. The van der Waals surface area contributed by atoms with Crippen LogP contribution in [0.15, 0.2) is 88.0 Å². The Kier molecular flexibility index (Phi) is 5.64. The molecule has 0 saturated heterocycles. The predicted molar refractivity (Wildman–Crippen MR) is 122 cm³/mol. The Morgan fingerprint density at radius 3 is 2.39 bits per heavy atom. The Morgan fingerprint density at radius 2 is 1.71 bits per heavy atom. The molecule has 3 aromatic carbocycles. The number of benzene rings is 3. The molecule has 0 unspecified atom stereocenters. The van der Waals surface area contributed by atoms with E-state index in [1.165, 1.54) is 17.0 Å². The number of nitrogens with zero attached hydrogens (tertiary/aromatic N) is 3. The van der Waals surface area contributed by atoms with Gasteiger partial charge in [-0.15, -0.1) is 0 Å². The number of halogens is 1. The molecular weight excluding hydrogens is 462 g/mol. The monoisotopic (exact) mass is 477 g/mol. The van der Waals surface area contributed by atoms with Gasteiger partial charge >= 0.3 is 0 Å². The molecule has 0 saturated carbocycles. The number of amides is 1. The van der Waals surface area contributed by atoms with Crippen LogP contribution in [0.4, 0.5) is 11.4 Å². The van der Waals surface area contributed by atoms with Gasteiger partial charge in [-0.3, -0.25) is 19.8 Å². The first kappa shape index (κ1) is 20.5. The van der Waals surface area contributed by atoms with Crippen molar-refractivity contribution < 1.29 is 14.5 Å². The van der Waals surface area contributed by atoms with Crippen LogP contribution < -0.4 is 9.64 Å². The molecule has 0 aliphatic carbocycles. The van der Waals surface area contributed by atoms with Crippen molar-refractivity contribution in [3.63, 3.8) is 0 Å². The molecule has 31 heavy (non-hydrogen) atoms. The van der Waals surface area contributed by atoms with E-state index < -0.39 is 4.92 Å². The Hall–Kier alpha value is -3.78. The lowest BCUT2D eigenvalue weighted by Crippen LogP contribution is -2.32. The molecule has 1 aliphatic heterocycles. The first-order valence-electron chi connectivity index (χ1n) is 9.27. The van der Waals surface area contributed by atoms with E-state index >= 15 is 0 Å². The van der Waals surface area contributed by atoms with Gasteiger partial charge < -0.3 is 4.74 Å². The number of para-hydroxylation sites is 1. The molecule has 0 radical (unpaired) electrons. The second-order valence-corrected chi connectivity index (χ2v) is 7.45. The van der Waals surface area contributed by atoms with Crippen LogP contribution in [0.5, 0.6) is 5.75 Å². The van der Waals surface area contributed by atoms with Crippen LogP contribution in [0.2, 0.25) is 0 Å². The van der Waals surface area contributed by atoms with Gasteiger partial charge in [0.15, 0.2) is 0 Å². The maximum absolute atomic E-state index is 13.4. The SMILES string of the molecule is COc1ccc(N2C(=O)/C(=C\c3ccccc3[N+](=O)[O-])N=C2c2ccccc2Br)cc1. The number of aliphatic imine (C=N–C) groups is 1. The van der Waals surface area contributed by atoms with Gasteiger partial charge in [0.1, 0.15) is 17.3 Å². The normalized spacial score (nSPS) is 14.6. The molecule has 0 fully saturated rings. The molecule has 3 aromatic rings. The molecule has 8 heteroatoms. The first-order valence-corrected chi connectivity index (χ1v) is 10.1. The van der Waals surface area contributed by atoms with Crippen LogP contribution in [0.1, 0.15) is 11.1 Å². The smallest absolute Gasteiger partial charge is 0.282 e. The van der Waals surface area contributed by atoms with E-state index in [1.54, 1.807) is 49.6 Å². The third-order valence-corrected chi connectivity index (χ3v) is 5.42. The van der Waals surface area contributed by atoms with E-state index in [0.717, 1.165) is 10.0 Å². The van der Waals surface area contributed by atoms with Crippen LogP contribution in [0.3, 0.4) is 0 Å². The average Bonchev–Trinajstić information content (AvgIpc) is 3.10. The van der Waals surface area contributed by atoms with Crippen molar-refractivity contribution in [3.05, 3.63) is 104 Å². The molecule has 0 spiro atoms. The van der Waals surface area contributed by atoms with Gasteiger partial charge in [0.2, 0.25) is 0 Å². The fraction of sp³-hybridized carbons (Fsp3) is 0.0435. The fourth-order valence-corrected chi connectivity index (χ4v) is 3.70. The minimum Gasteiger partial charge on any atom is -0.497 e. The van der Waals surface area contributed by atoms with Crippen LogP contribution >= 0.6 is 15.9 Å². The molecule has 0 atom stereocenters. The Labute approximate surface area is 186 Å². The Morgan fingerprint density at radius 1 is 1.03 bits per heavy atom. The van der Waals surface area contributed by atoms with Crippen LogP contribution in [0.25, 0.3) is 6.08 Å². The zero-order chi connectivity index (χ0) is 22.0. The zero-order valence-electron chi connectivity index (χ0n) is 16.4. The van der Waals surface area contributed by atoms with Crippen molar-refractivity contribution in [2.45, 2.75) is 0 Å². The van der Waals surface area contributed by atoms with Crippen molar-refractivity contribution >= 4 is 45.1 Å². The highest BCUT2D eigenvalue weighted by atomic mass is 79.9. The number of hydrogen-bond donors (Lipinski definition) is 0. The van der Waals surface area contributed by atoms with Crippen molar-refractivity contribution in [2.24, 2.45) is 4.99 Å². The summed E-state index contributed by atoms with van der Waals surface area (Å²) in [7, 11) is 1.57. The second-order valence-electron chi connectivity index (χ2n) is 6.60. The van der Waals surface area contributed by atoms with E-state index in [2.05, 4.69) is 20.9 Å². The van der Waals surface area contributed by atoms with Gasteiger partial charge in [-0.25, -0.2) is 4.99 Å². The van der Waals surface area contributed by atoms with Crippen molar-refractivity contribution in [1.29, 1.82) is 0 Å². The van der Waals surface area contributed by atoms with E-state index in [4.69, 9.17) is 4.74 Å². The summed E-state index contributed by atoms with van der Waals surface area (Å²) in [6.45, 7) is 0. The summed E-state index contributed by atoms with van der Waals surface area (Å²) < 4.78 is 5.98. The number of nitro groups is 1. The van der Waals surface area contributed by atoms with Gasteiger partial charge in [0, 0.05) is 16.1 Å². The number of hydrogen-bond acceptors (Lipinski definition) is 5. The van der Waals surface area contributed by atoms with Gasteiger partial charge in [0.05, 0.1) is 23.3 Å². The highest BCUT2D eigenvalue weighted by Gasteiger charge is 2.33. The number of carbonyl (C=O) groups is 1. The molecule has 0 bridgehead atoms. The van der Waals surface area contributed by atoms with Crippen molar-refractivity contribution in [2.75, 3.05) is 12.0 Å². The quantitative estimate of drug-likeness (QED) is 0.287. The number of amidine groups is 1.